The number of hydrogen-bond donors (Lipinski definition) is 2. The molecule has 1 aromatic heterocycles. The van der Waals surface area contributed by atoms with Crippen LogP contribution in [0, 0.1) is 13.8 Å². The lowest BCUT2D eigenvalue weighted by Gasteiger charge is -2.10. The second kappa shape index (κ2) is 10.7. The summed E-state index contributed by atoms with van der Waals surface area (Å²) < 4.78 is 1.74. The molecule has 3 rings (SSSR count). The standard InChI is InChI=1S/C24H26Cl2N4O2/c1-4-6-23(31)28-19-8-5-7-17(11-19)14-27-24(32)13-20-15(2)29-30(16(20)3)22-10-9-18(25)12-21(22)26/h5,7-12H,4,6,13-14H2,1-3H3,(H,27,32)(H,28,31). The zero-order valence-corrected chi connectivity index (χ0v) is 19.8. The molecule has 168 valence electrons. The Balaban J connectivity index is 1.66. The molecule has 1 heterocycles. The minimum Gasteiger partial charge on any atom is -0.352 e. The highest BCUT2D eigenvalue weighted by Crippen LogP contribution is 2.27. The minimum atomic E-state index is -0.113. The highest BCUT2D eigenvalue weighted by atomic mass is 35.5. The molecule has 0 bridgehead atoms. The van der Waals surface area contributed by atoms with Gasteiger partial charge in [0.15, 0.2) is 0 Å². The molecule has 0 aliphatic rings. The van der Waals surface area contributed by atoms with E-state index in [2.05, 4.69) is 15.7 Å². The molecule has 2 N–H and O–H groups in total. The van der Waals surface area contributed by atoms with Gasteiger partial charge in [-0.05, 0) is 56.2 Å². The third-order valence-corrected chi connectivity index (χ3v) is 5.63. The number of rotatable bonds is 8. The summed E-state index contributed by atoms with van der Waals surface area (Å²) in [4.78, 5) is 24.4. The summed E-state index contributed by atoms with van der Waals surface area (Å²) in [5, 5.41) is 11.4. The van der Waals surface area contributed by atoms with Gasteiger partial charge in [0.25, 0.3) is 0 Å². The van der Waals surface area contributed by atoms with Crippen LogP contribution in [0.25, 0.3) is 5.69 Å². The number of aryl methyl sites for hydroxylation is 1. The molecule has 0 saturated carbocycles. The highest BCUT2D eigenvalue weighted by molar-refractivity contribution is 6.35. The van der Waals surface area contributed by atoms with Crippen molar-refractivity contribution >= 4 is 40.7 Å². The summed E-state index contributed by atoms with van der Waals surface area (Å²) >= 11 is 12.3. The Hall–Kier alpha value is -2.83. The molecule has 3 aromatic rings. The molecule has 32 heavy (non-hydrogen) atoms. The van der Waals surface area contributed by atoms with E-state index in [1.807, 2.05) is 45.0 Å². The molecule has 8 heteroatoms. The SMILES string of the molecule is CCCC(=O)Nc1cccc(CNC(=O)Cc2c(C)nn(-c3ccc(Cl)cc3Cl)c2C)c1. The maximum absolute atomic E-state index is 12.6. The third kappa shape index (κ3) is 5.90. The van der Waals surface area contributed by atoms with Crippen molar-refractivity contribution in [1.82, 2.24) is 15.1 Å². The highest BCUT2D eigenvalue weighted by Gasteiger charge is 2.17. The van der Waals surface area contributed by atoms with Gasteiger partial charge < -0.3 is 10.6 Å². The first-order chi connectivity index (χ1) is 15.3. The quantitative estimate of drug-likeness (QED) is 0.461. The Labute approximate surface area is 197 Å². The predicted octanol–water partition coefficient (Wildman–Crippen LogP) is 5.39. The maximum Gasteiger partial charge on any atom is 0.224 e. The van der Waals surface area contributed by atoms with Gasteiger partial charge in [0.2, 0.25) is 11.8 Å². The Kier molecular flexibility index (Phi) is 7.94. The van der Waals surface area contributed by atoms with E-state index < -0.39 is 0 Å². The van der Waals surface area contributed by atoms with Gasteiger partial charge in [-0.2, -0.15) is 5.10 Å². The topological polar surface area (TPSA) is 76.0 Å². The van der Waals surface area contributed by atoms with E-state index >= 15 is 0 Å². The number of halogens is 2. The number of carbonyl (C=O) groups is 2. The molecular formula is C24H26Cl2N4O2. The van der Waals surface area contributed by atoms with E-state index in [1.165, 1.54) is 0 Å². The maximum atomic E-state index is 12.6. The van der Waals surface area contributed by atoms with Crippen molar-refractivity contribution in [3.63, 3.8) is 0 Å². The Morgan fingerprint density at radius 2 is 1.84 bits per heavy atom. The van der Waals surface area contributed by atoms with Crippen molar-refractivity contribution in [3.8, 4) is 5.69 Å². The second-order valence-corrected chi connectivity index (χ2v) is 8.45. The first-order valence-electron chi connectivity index (χ1n) is 10.4. The predicted molar refractivity (Wildman–Crippen MR) is 129 cm³/mol. The van der Waals surface area contributed by atoms with E-state index in [0.717, 1.165) is 34.6 Å². The lowest BCUT2D eigenvalue weighted by atomic mass is 10.1. The van der Waals surface area contributed by atoms with Gasteiger partial charge in [-0.15, -0.1) is 0 Å². The number of nitrogens with zero attached hydrogens (tertiary/aromatic N) is 2. The zero-order chi connectivity index (χ0) is 23.3. The molecule has 2 amide bonds. The summed E-state index contributed by atoms with van der Waals surface area (Å²) in [5.41, 5.74) is 4.82. The van der Waals surface area contributed by atoms with Gasteiger partial charge in [-0.3, -0.25) is 9.59 Å². The van der Waals surface area contributed by atoms with Gasteiger partial charge >= 0.3 is 0 Å². The lowest BCUT2D eigenvalue weighted by Crippen LogP contribution is -2.25. The fourth-order valence-electron chi connectivity index (χ4n) is 3.45. The van der Waals surface area contributed by atoms with Crippen LogP contribution in [0.3, 0.4) is 0 Å². The van der Waals surface area contributed by atoms with Crippen molar-refractivity contribution in [2.45, 2.75) is 46.6 Å². The summed E-state index contributed by atoms with van der Waals surface area (Å²) in [6, 6.07) is 12.7. The van der Waals surface area contributed by atoms with Gasteiger partial charge in [0.05, 0.1) is 22.8 Å². The molecule has 0 atom stereocenters. The number of aromatic nitrogens is 2. The normalized spacial score (nSPS) is 10.8. The van der Waals surface area contributed by atoms with Crippen molar-refractivity contribution < 1.29 is 9.59 Å². The molecule has 0 aliphatic carbocycles. The van der Waals surface area contributed by atoms with Gasteiger partial charge in [0.1, 0.15) is 0 Å². The van der Waals surface area contributed by atoms with Crippen LogP contribution in [-0.2, 0) is 22.6 Å². The lowest BCUT2D eigenvalue weighted by molar-refractivity contribution is -0.120. The van der Waals surface area contributed by atoms with E-state index in [1.54, 1.807) is 22.9 Å². The second-order valence-electron chi connectivity index (χ2n) is 7.61. The van der Waals surface area contributed by atoms with Crippen LogP contribution in [0.1, 0.15) is 42.3 Å². The van der Waals surface area contributed by atoms with Crippen LogP contribution < -0.4 is 10.6 Å². The van der Waals surface area contributed by atoms with Crippen LogP contribution in [0.2, 0.25) is 10.0 Å². The fraction of sp³-hybridized carbons (Fsp3) is 0.292. The van der Waals surface area contributed by atoms with Crippen LogP contribution >= 0.6 is 23.2 Å². The van der Waals surface area contributed by atoms with E-state index in [4.69, 9.17) is 23.2 Å². The van der Waals surface area contributed by atoms with Crippen LogP contribution in [-0.4, -0.2) is 21.6 Å². The molecule has 6 nitrogen and oxygen atoms in total. The summed E-state index contributed by atoms with van der Waals surface area (Å²) in [6.07, 6.45) is 1.48. The number of hydrogen-bond acceptors (Lipinski definition) is 3. The van der Waals surface area contributed by atoms with Crippen molar-refractivity contribution in [1.29, 1.82) is 0 Å². The molecule has 0 fully saturated rings. The number of benzene rings is 2. The average molecular weight is 473 g/mol. The molecule has 0 aliphatic heterocycles. The summed E-state index contributed by atoms with van der Waals surface area (Å²) in [6.45, 7) is 6.11. The fourth-order valence-corrected chi connectivity index (χ4v) is 3.94. The first kappa shape index (κ1) is 23.8. The number of nitrogens with one attached hydrogen (secondary N) is 2. The summed E-state index contributed by atoms with van der Waals surface area (Å²) in [5.74, 6) is -0.129. The number of anilines is 1. The van der Waals surface area contributed by atoms with E-state index in [-0.39, 0.29) is 18.2 Å². The smallest absolute Gasteiger partial charge is 0.224 e. The first-order valence-corrected chi connectivity index (χ1v) is 11.2. The van der Waals surface area contributed by atoms with Crippen LogP contribution in [0.5, 0.6) is 0 Å². The summed E-state index contributed by atoms with van der Waals surface area (Å²) in [7, 11) is 0. The van der Waals surface area contributed by atoms with Gasteiger partial charge in [-0.25, -0.2) is 4.68 Å². The van der Waals surface area contributed by atoms with Crippen molar-refractivity contribution in [2.24, 2.45) is 0 Å². The molecule has 0 saturated heterocycles. The monoisotopic (exact) mass is 472 g/mol. The van der Waals surface area contributed by atoms with Crippen LogP contribution in [0.4, 0.5) is 5.69 Å². The third-order valence-electron chi connectivity index (χ3n) is 5.09. The molecule has 0 spiro atoms. The Morgan fingerprint density at radius 1 is 1.06 bits per heavy atom. The van der Waals surface area contributed by atoms with Crippen molar-refractivity contribution in [3.05, 3.63) is 75.0 Å². The van der Waals surface area contributed by atoms with Gasteiger partial charge in [0, 0.05) is 34.9 Å². The minimum absolute atomic E-state index is 0.0163. The zero-order valence-electron chi connectivity index (χ0n) is 18.3. The molecule has 2 aromatic carbocycles. The van der Waals surface area contributed by atoms with E-state index in [9.17, 15) is 9.59 Å². The van der Waals surface area contributed by atoms with Crippen LogP contribution in [0.15, 0.2) is 42.5 Å². The van der Waals surface area contributed by atoms with Crippen molar-refractivity contribution in [2.75, 3.05) is 5.32 Å². The Bertz CT molecular complexity index is 1140. The molecule has 0 radical (unpaired) electrons. The van der Waals surface area contributed by atoms with E-state index in [0.29, 0.717) is 28.7 Å². The molecular weight excluding hydrogens is 447 g/mol. The largest absolute Gasteiger partial charge is 0.352 e. The number of carbonyl (C=O) groups excluding carboxylic acids is 2. The molecule has 0 unspecified atom stereocenters. The Morgan fingerprint density at radius 3 is 2.56 bits per heavy atom. The average Bonchev–Trinajstić information content (AvgIpc) is 3.01. The number of amides is 2. The van der Waals surface area contributed by atoms with Gasteiger partial charge in [-0.1, -0.05) is 42.3 Å².